The van der Waals surface area contributed by atoms with Crippen LogP contribution in [0.1, 0.15) is 87.9 Å². The predicted octanol–water partition coefficient (Wildman–Crippen LogP) is 5.27. The minimum absolute atomic E-state index is 0.0347. The highest BCUT2D eigenvalue weighted by Crippen LogP contribution is 2.38. The number of hydrogen-bond acceptors (Lipinski definition) is 9. The number of piperidine rings is 2. The Morgan fingerprint density at radius 3 is 2.25 bits per heavy atom. The van der Waals surface area contributed by atoms with Crippen molar-refractivity contribution in [3.63, 3.8) is 0 Å². The number of aliphatic hydroxyl groups is 2. The summed E-state index contributed by atoms with van der Waals surface area (Å²) in [6.07, 6.45) is 5.08. The molecule has 5 heterocycles. The lowest BCUT2D eigenvalue weighted by Gasteiger charge is -2.43. The predicted molar refractivity (Wildman–Crippen MR) is 193 cm³/mol. The molecule has 5 aliphatic rings. The maximum atomic E-state index is 13.6. The number of ether oxygens (including phenoxy) is 3. The molecule has 0 radical (unpaired) electrons. The smallest absolute Gasteiger partial charge is 0.416 e. The van der Waals surface area contributed by atoms with Crippen molar-refractivity contribution in [3.8, 4) is 0 Å². The number of hydrogen-bond donors (Lipinski definition) is 2. The van der Waals surface area contributed by atoms with Crippen LogP contribution in [0.15, 0.2) is 41.9 Å². The van der Waals surface area contributed by atoms with Gasteiger partial charge in [-0.1, -0.05) is 12.7 Å². The Hall–Kier alpha value is -4.10. The number of anilines is 1. The highest BCUT2D eigenvalue weighted by atomic mass is 16.7. The van der Waals surface area contributed by atoms with Gasteiger partial charge in [-0.3, -0.25) is 14.6 Å². The molecule has 0 spiro atoms. The van der Waals surface area contributed by atoms with Gasteiger partial charge in [-0.2, -0.15) is 0 Å². The van der Waals surface area contributed by atoms with Gasteiger partial charge in [0.25, 0.3) is 11.8 Å². The summed E-state index contributed by atoms with van der Waals surface area (Å²) >= 11 is 0. The van der Waals surface area contributed by atoms with Crippen molar-refractivity contribution in [1.82, 2.24) is 9.80 Å². The van der Waals surface area contributed by atoms with Crippen molar-refractivity contribution in [2.45, 2.75) is 109 Å². The number of fused-ring (bicyclic) bond motifs is 4. The second-order valence-corrected chi connectivity index (χ2v) is 14.2. The van der Waals surface area contributed by atoms with Crippen LogP contribution < -0.4 is 4.90 Å². The summed E-state index contributed by atoms with van der Waals surface area (Å²) in [4.78, 5) is 49.0. The van der Waals surface area contributed by atoms with Gasteiger partial charge in [0.05, 0.1) is 46.8 Å². The van der Waals surface area contributed by atoms with Crippen LogP contribution in [-0.2, 0) is 14.2 Å². The number of aliphatic hydroxyl groups excluding tert-OH is 2. The van der Waals surface area contributed by atoms with Crippen LogP contribution in [0.25, 0.3) is 0 Å². The zero-order valence-corrected chi connectivity index (χ0v) is 30.0. The molecule has 2 aromatic rings. The number of aliphatic imine (C=N–C) groups is 1. The number of aryl methyl sites for hydroxylation is 4. The average Bonchev–Trinajstić information content (AvgIpc) is 3.29. The molecule has 274 valence electrons. The molecule has 12 nitrogen and oxygen atoms in total. The zero-order chi connectivity index (χ0) is 36.4. The summed E-state index contributed by atoms with van der Waals surface area (Å²) in [6.45, 7) is 13.1. The molecule has 3 amide bonds. The number of amides is 3. The van der Waals surface area contributed by atoms with Gasteiger partial charge in [-0.25, -0.2) is 9.69 Å². The second-order valence-electron chi connectivity index (χ2n) is 14.2. The molecule has 12 heteroatoms. The quantitative estimate of drug-likeness (QED) is 0.411. The van der Waals surface area contributed by atoms with Gasteiger partial charge in [-0.15, -0.1) is 0 Å². The molecule has 0 aliphatic carbocycles. The molecular formula is C39H50N4O8. The van der Waals surface area contributed by atoms with Gasteiger partial charge >= 0.3 is 6.09 Å². The summed E-state index contributed by atoms with van der Waals surface area (Å²) in [7, 11) is 0. The number of rotatable bonds is 4. The Morgan fingerprint density at radius 2 is 1.55 bits per heavy atom. The van der Waals surface area contributed by atoms with E-state index in [1.54, 1.807) is 11.1 Å². The molecule has 2 aromatic carbocycles. The van der Waals surface area contributed by atoms with Crippen molar-refractivity contribution in [2.75, 3.05) is 31.2 Å². The van der Waals surface area contributed by atoms with E-state index in [0.29, 0.717) is 68.6 Å². The van der Waals surface area contributed by atoms with Crippen LogP contribution in [0.2, 0.25) is 0 Å². The van der Waals surface area contributed by atoms with Crippen LogP contribution in [0, 0.1) is 27.7 Å². The van der Waals surface area contributed by atoms with Crippen LogP contribution in [-0.4, -0.2) is 107 Å². The first kappa shape index (κ1) is 36.7. The molecule has 2 N–H and O–H groups in total. The number of benzene rings is 2. The van der Waals surface area contributed by atoms with Crippen LogP contribution in [0.5, 0.6) is 0 Å². The maximum Gasteiger partial charge on any atom is 0.416 e. The molecule has 3 fully saturated rings. The summed E-state index contributed by atoms with van der Waals surface area (Å²) in [6, 6.07) is 6.95. The Morgan fingerprint density at radius 1 is 0.902 bits per heavy atom. The van der Waals surface area contributed by atoms with E-state index in [1.165, 1.54) is 11.0 Å². The zero-order valence-electron chi connectivity index (χ0n) is 30.0. The lowest BCUT2D eigenvalue weighted by Crippen LogP contribution is -2.59. The van der Waals surface area contributed by atoms with E-state index in [-0.39, 0.29) is 30.6 Å². The van der Waals surface area contributed by atoms with E-state index in [9.17, 15) is 24.6 Å². The standard InChI is InChI=1S/C24H32N2O6.C15H18N2O2/c1-4-10-31-24(29)26-19-13-16(3)15(2)12-18(19)22(28)25-9-8-17(27)14-20(25)23(26)32-21-7-5-6-11-30-21;1-9-5-13-14(6-10(9)2)16-8-11-7-12(18)3-4-17(11)15(13)19/h4,12-13,17,20-21,23,27H,1,5-11,14H2,2-3H3;5-6,8,11-12,18H,3-4,7H2,1-2H3/t17-,20+,21?,23?;11-,12+/m10/s1. The summed E-state index contributed by atoms with van der Waals surface area (Å²) in [5.74, 6) is -0.135. The fourth-order valence-electron chi connectivity index (χ4n) is 7.43. The molecule has 7 rings (SSSR count). The maximum absolute atomic E-state index is 13.6. The van der Waals surface area contributed by atoms with Gasteiger partial charge in [0.15, 0.2) is 12.5 Å². The first-order chi connectivity index (χ1) is 24.5. The number of carbonyl (C=O) groups excluding carboxylic acids is 3. The van der Waals surface area contributed by atoms with Gasteiger partial charge in [0, 0.05) is 25.9 Å². The van der Waals surface area contributed by atoms with Crippen LogP contribution >= 0.6 is 0 Å². The van der Waals surface area contributed by atoms with Gasteiger partial charge < -0.3 is 34.2 Å². The van der Waals surface area contributed by atoms with Gasteiger partial charge in [-0.05, 0) is 119 Å². The number of carbonyl (C=O) groups is 3. The summed E-state index contributed by atoms with van der Waals surface area (Å²) in [5, 5.41) is 20.2. The molecule has 0 bridgehead atoms. The lowest BCUT2D eigenvalue weighted by atomic mass is 9.97. The fraction of sp³-hybridized carbons (Fsp3) is 0.538. The number of nitrogens with zero attached hydrogens (tertiary/aromatic N) is 4. The topological polar surface area (TPSA) is 141 Å². The van der Waals surface area contributed by atoms with Crippen molar-refractivity contribution < 1.29 is 38.8 Å². The van der Waals surface area contributed by atoms with Crippen molar-refractivity contribution >= 4 is 35.5 Å². The fourth-order valence-corrected chi connectivity index (χ4v) is 7.43. The largest absolute Gasteiger partial charge is 0.445 e. The monoisotopic (exact) mass is 702 g/mol. The Bertz CT molecular complexity index is 1690. The average molecular weight is 703 g/mol. The van der Waals surface area contributed by atoms with E-state index in [1.807, 2.05) is 56.9 Å². The Labute approximate surface area is 299 Å². The molecule has 6 atom stereocenters. The molecule has 2 unspecified atom stereocenters. The molecule has 0 saturated carbocycles. The van der Waals surface area contributed by atoms with E-state index in [0.717, 1.165) is 40.8 Å². The summed E-state index contributed by atoms with van der Waals surface area (Å²) in [5.41, 5.74) is 6.47. The van der Waals surface area contributed by atoms with Crippen LogP contribution in [0.3, 0.4) is 0 Å². The normalized spacial score (nSPS) is 27.1. The first-order valence-electron chi connectivity index (χ1n) is 18.1. The minimum Gasteiger partial charge on any atom is -0.445 e. The van der Waals surface area contributed by atoms with Crippen molar-refractivity contribution in [3.05, 3.63) is 70.3 Å². The molecule has 3 saturated heterocycles. The highest BCUT2D eigenvalue weighted by Gasteiger charge is 2.48. The third-order valence-electron chi connectivity index (χ3n) is 10.6. The Balaban J connectivity index is 0.000000200. The third-order valence-corrected chi connectivity index (χ3v) is 10.6. The van der Waals surface area contributed by atoms with Crippen molar-refractivity contribution in [1.29, 1.82) is 0 Å². The molecule has 5 aliphatic heterocycles. The first-order valence-corrected chi connectivity index (χ1v) is 18.1. The third kappa shape index (κ3) is 7.74. The second kappa shape index (κ2) is 15.6. The van der Waals surface area contributed by atoms with E-state index >= 15 is 0 Å². The Kier molecular flexibility index (Phi) is 11.3. The van der Waals surface area contributed by atoms with E-state index in [4.69, 9.17) is 14.2 Å². The SMILES string of the molecule is C=CCOC(=O)N1c2cc(C)c(C)cc2C(=O)N2CC[C@@H](O)C[C@H]2C1OC1CCCCO1.Cc1cc2c(cc1C)C(=O)N1CC[C@@H](O)C[C@H]1C=N2. The lowest BCUT2D eigenvalue weighted by molar-refractivity contribution is -0.201. The molecule has 51 heavy (non-hydrogen) atoms. The van der Waals surface area contributed by atoms with Gasteiger partial charge in [0.2, 0.25) is 0 Å². The molecular weight excluding hydrogens is 652 g/mol. The van der Waals surface area contributed by atoms with E-state index < -0.39 is 30.8 Å². The summed E-state index contributed by atoms with van der Waals surface area (Å²) < 4.78 is 17.6. The molecule has 0 aromatic heterocycles. The van der Waals surface area contributed by atoms with Gasteiger partial charge in [0.1, 0.15) is 6.61 Å². The van der Waals surface area contributed by atoms with E-state index in [2.05, 4.69) is 11.6 Å². The minimum atomic E-state index is -0.849. The van der Waals surface area contributed by atoms with Crippen LogP contribution in [0.4, 0.5) is 16.2 Å². The van der Waals surface area contributed by atoms with Crippen molar-refractivity contribution in [2.24, 2.45) is 4.99 Å². The highest BCUT2D eigenvalue weighted by molar-refractivity contribution is 6.05.